The number of imidazole rings is 1. The molecule has 0 radical (unpaired) electrons. The number of para-hydroxylation sites is 1. The third kappa shape index (κ3) is 4.07. The molecule has 0 saturated carbocycles. The summed E-state index contributed by atoms with van der Waals surface area (Å²) in [7, 11) is 0. The molecule has 6 heteroatoms. The first-order valence-electron chi connectivity index (χ1n) is 8.70. The van der Waals surface area contributed by atoms with Crippen LogP contribution in [0.3, 0.4) is 0 Å². The van der Waals surface area contributed by atoms with Crippen LogP contribution in [0.2, 0.25) is 0 Å². The van der Waals surface area contributed by atoms with Crippen LogP contribution in [-0.4, -0.2) is 34.0 Å². The Hall–Kier alpha value is -2.63. The van der Waals surface area contributed by atoms with Crippen LogP contribution in [0.1, 0.15) is 38.4 Å². The molecule has 1 aromatic heterocycles. The third-order valence-corrected chi connectivity index (χ3v) is 4.40. The zero-order chi connectivity index (χ0) is 17.8. The van der Waals surface area contributed by atoms with Gasteiger partial charge in [-0.3, -0.25) is 9.59 Å². The van der Waals surface area contributed by atoms with Crippen LogP contribution >= 0.6 is 0 Å². The molecule has 132 valence electrons. The number of hydrogen-bond donors (Lipinski definition) is 1. The number of amides is 2. The first kappa shape index (κ1) is 17.2. The number of carbonyl (C=O) groups excluding carboxylic acids is 2. The number of nitrogens with one attached hydrogen (secondary N) is 1. The summed E-state index contributed by atoms with van der Waals surface area (Å²) >= 11 is 0. The van der Waals surface area contributed by atoms with E-state index in [1.165, 1.54) is 0 Å². The minimum absolute atomic E-state index is 0.0314. The largest absolute Gasteiger partial charge is 0.351 e. The van der Waals surface area contributed by atoms with Gasteiger partial charge in [0.1, 0.15) is 5.82 Å². The minimum atomic E-state index is -0.132. The SMILES string of the molecule is CC(C)c1nccn1CCC(=O)N[C@@H]1CC(=O)N(c2ccccc2)C1. The summed E-state index contributed by atoms with van der Waals surface area (Å²) in [6.45, 7) is 5.29. The Bertz CT molecular complexity index is 739. The molecule has 1 saturated heterocycles. The second-order valence-electron chi connectivity index (χ2n) is 6.69. The van der Waals surface area contributed by atoms with Crippen molar-refractivity contribution in [3.63, 3.8) is 0 Å². The lowest BCUT2D eigenvalue weighted by Gasteiger charge is -2.17. The molecule has 0 unspecified atom stereocenters. The summed E-state index contributed by atoms with van der Waals surface area (Å²) in [4.78, 5) is 30.5. The Balaban J connectivity index is 1.52. The Morgan fingerprint density at radius 1 is 1.32 bits per heavy atom. The minimum Gasteiger partial charge on any atom is -0.351 e. The van der Waals surface area contributed by atoms with Gasteiger partial charge >= 0.3 is 0 Å². The van der Waals surface area contributed by atoms with Gasteiger partial charge in [-0.1, -0.05) is 32.0 Å². The van der Waals surface area contributed by atoms with Crippen LogP contribution in [-0.2, 0) is 16.1 Å². The van der Waals surface area contributed by atoms with E-state index in [-0.39, 0.29) is 17.9 Å². The average molecular weight is 340 g/mol. The lowest BCUT2D eigenvalue weighted by molar-refractivity contribution is -0.122. The van der Waals surface area contributed by atoms with Crippen molar-refractivity contribution in [1.82, 2.24) is 14.9 Å². The molecule has 2 heterocycles. The molecule has 1 fully saturated rings. The Morgan fingerprint density at radius 3 is 2.80 bits per heavy atom. The molecule has 1 aliphatic rings. The number of aromatic nitrogens is 2. The van der Waals surface area contributed by atoms with E-state index in [4.69, 9.17) is 0 Å². The summed E-state index contributed by atoms with van der Waals surface area (Å²) in [5, 5.41) is 2.98. The van der Waals surface area contributed by atoms with Gasteiger partial charge in [-0.25, -0.2) is 4.98 Å². The van der Waals surface area contributed by atoms with Crippen molar-refractivity contribution in [2.45, 2.75) is 45.2 Å². The maximum Gasteiger partial charge on any atom is 0.229 e. The van der Waals surface area contributed by atoms with Crippen molar-refractivity contribution >= 4 is 17.5 Å². The van der Waals surface area contributed by atoms with Gasteiger partial charge in [-0.15, -0.1) is 0 Å². The first-order chi connectivity index (χ1) is 12.0. The van der Waals surface area contributed by atoms with Crippen molar-refractivity contribution in [3.05, 3.63) is 48.5 Å². The molecule has 6 nitrogen and oxygen atoms in total. The van der Waals surface area contributed by atoms with E-state index in [0.717, 1.165) is 11.5 Å². The van der Waals surface area contributed by atoms with E-state index >= 15 is 0 Å². The standard InChI is InChI=1S/C19H24N4O2/c1-14(2)19-20-9-11-22(19)10-8-17(24)21-15-12-18(25)23(13-15)16-6-4-3-5-7-16/h3-7,9,11,14-15H,8,10,12-13H2,1-2H3,(H,21,24)/t15-/m1/s1. The van der Waals surface area contributed by atoms with Crippen LogP contribution in [0.15, 0.2) is 42.7 Å². The Labute approximate surface area is 147 Å². The van der Waals surface area contributed by atoms with E-state index in [0.29, 0.717) is 31.8 Å². The van der Waals surface area contributed by atoms with Crippen molar-refractivity contribution in [2.24, 2.45) is 0 Å². The number of nitrogens with zero attached hydrogens (tertiary/aromatic N) is 3. The molecule has 2 aromatic rings. The molecule has 1 aliphatic heterocycles. The fraction of sp³-hybridized carbons (Fsp3) is 0.421. The molecular formula is C19H24N4O2. The highest BCUT2D eigenvalue weighted by atomic mass is 16.2. The molecule has 0 aliphatic carbocycles. The highest BCUT2D eigenvalue weighted by molar-refractivity contribution is 5.96. The number of hydrogen-bond acceptors (Lipinski definition) is 3. The summed E-state index contributed by atoms with van der Waals surface area (Å²) in [5.74, 6) is 1.33. The summed E-state index contributed by atoms with van der Waals surface area (Å²) in [6, 6.07) is 9.43. The number of anilines is 1. The number of aryl methyl sites for hydroxylation is 1. The predicted octanol–water partition coefficient (Wildman–Crippen LogP) is 2.32. The average Bonchev–Trinajstić information content (AvgIpc) is 3.20. The van der Waals surface area contributed by atoms with Crippen molar-refractivity contribution < 1.29 is 9.59 Å². The van der Waals surface area contributed by atoms with E-state index in [1.807, 2.05) is 41.1 Å². The maximum absolute atomic E-state index is 12.3. The first-order valence-corrected chi connectivity index (χ1v) is 8.70. The topological polar surface area (TPSA) is 67.2 Å². The van der Waals surface area contributed by atoms with Crippen molar-refractivity contribution in [1.29, 1.82) is 0 Å². The smallest absolute Gasteiger partial charge is 0.229 e. The van der Waals surface area contributed by atoms with Gasteiger partial charge in [-0.05, 0) is 12.1 Å². The second kappa shape index (κ2) is 7.51. The quantitative estimate of drug-likeness (QED) is 0.877. The fourth-order valence-electron chi connectivity index (χ4n) is 3.19. The molecule has 1 aromatic carbocycles. The second-order valence-corrected chi connectivity index (χ2v) is 6.69. The van der Waals surface area contributed by atoms with Crippen LogP contribution < -0.4 is 10.2 Å². The highest BCUT2D eigenvalue weighted by Crippen LogP contribution is 2.21. The van der Waals surface area contributed by atoms with Gasteiger partial charge in [0.15, 0.2) is 0 Å². The number of benzene rings is 1. The summed E-state index contributed by atoms with van der Waals surface area (Å²) in [5.41, 5.74) is 0.879. The van der Waals surface area contributed by atoms with E-state index in [2.05, 4.69) is 24.1 Å². The molecule has 0 spiro atoms. The van der Waals surface area contributed by atoms with Crippen LogP contribution in [0.4, 0.5) is 5.69 Å². The monoisotopic (exact) mass is 340 g/mol. The van der Waals surface area contributed by atoms with Gasteiger partial charge in [0.2, 0.25) is 11.8 Å². The van der Waals surface area contributed by atoms with Crippen LogP contribution in [0, 0.1) is 0 Å². The van der Waals surface area contributed by atoms with Gasteiger partial charge < -0.3 is 14.8 Å². The van der Waals surface area contributed by atoms with Gasteiger partial charge in [0, 0.05) is 49.9 Å². The molecule has 1 N–H and O–H groups in total. The summed E-state index contributed by atoms with van der Waals surface area (Å²) in [6.07, 6.45) is 4.40. The molecule has 0 bridgehead atoms. The van der Waals surface area contributed by atoms with Gasteiger partial charge in [-0.2, -0.15) is 0 Å². The molecule has 25 heavy (non-hydrogen) atoms. The normalized spacial score (nSPS) is 17.3. The number of rotatable bonds is 6. The predicted molar refractivity (Wildman–Crippen MR) is 96.3 cm³/mol. The van der Waals surface area contributed by atoms with Gasteiger partial charge in [0.25, 0.3) is 0 Å². The number of carbonyl (C=O) groups is 2. The lowest BCUT2D eigenvalue weighted by atomic mass is 10.2. The zero-order valence-corrected chi connectivity index (χ0v) is 14.7. The molecular weight excluding hydrogens is 316 g/mol. The van der Waals surface area contributed by atoms with Crippen molar-refractivity contribution in [2.75, 3.05) is 11.4 Å². The van der Waals surface area contributed by atoms with Gasteiger partial charge in [0.05, 0.1) is 6.04 Å². The Kier molecular flexibility index (Phi) is 5.16. The van der Waals surface area contributed by atoms with Crippen molar-refractivity contribution in [3.8, 4) is 0 Å². The lowest BCUT2D eigenvalue weighted by Crippen LogP contribution is -2.37. The van der Waals surface area contributed by atoms with E-state index < -0.39 is 0 Å². The molecule has 2 amide bonds. The fourth-order valence-corrected chi connectivity index (χ4v) is 3.19. The third-order valence-electron chi connectivity index (χ3n) is 4.40. The maximum atomic E-state index is 12.3. The molecule has 1 atom stereocenters. The van der Waals surface area contributed by atoms with Crippen LogP contribution in [0.25, 0.3) is 0 Å². The Morgan fingerprint density at radius 2 is 2.08 bits per heavy atom. The van der Waals surface area contributed by atoms with Crippen LogP contribution in [0.5, 0.6) is 0 Å². The summed E-state index contributed by atoms with van der Waals surface area (Å²) < 4.78 is 2.01. The van der Waals surface area contributed by atoms with E-state index in [1.54, 1.807) is 11.1 Å². The highest BCUT2D eigenvalue weighted by Gasteiger charge is 2.31. The molecule has 3 rings (SSSR count). The van der Waals surface area contributed by atoms with E-state index in [9.17, 15) is 9.59 Å². The zero-order valence-electron chi connectivity index (χ0n) is 14.7.